The number of aryl methyl sites for hydroxylation is 2. The predicted octanol–water partition coefficient (Wildman–Crippen LogP) is 8.25. The standard InChI is InChI=1S/C35H36O7/c1-7-8-24-22(3)19-29-27(10-12-32(36)39-29)33(24)38-17-14-21(2)9-11-31-34(5,6)42-35(41-31)16-13-25-23(4)26-15-18-37-28(26)20-30(25)40-35/h7-8,10,12-16,18-20,31H,9,11,17H2,1-6H3/b8-7-,21-14+. The number of benzene rings is 2. The summed E-state index contributed by atoms with van der Waals surface area (Å²) in [6.07, 6.45) is 13.0. The van der Waals surface area contributed by atoms with Gasteiger partial charge in [0.25, 0.3) is 0 Å². The van der Waals surface area contributed by atoms with E-state index >= 15 is 0 Å². The SMILES string of the molecule is C/C=C\c1c(C)cc2oc(=O)ccc2c1OC/C=C(\C)CCC1OC2(C=Cc3c(cc4occc4c3C)O2)OC1(C)C. The molecule has 6 rings (SSSR count). The van der Waals surface area contributed by atoms with Gasteiger partial charge in [-0.05, 0) is 95.9 Å². The number of hydrogen-bond acceptors (Lipinski definition) is 7. The molecule has 0 saturated carbocycles. The molecule has 2 unspecified atom stereocenters. The molecule has 1 spiro atoms. The van der Waals surface area contributed by atoms with Crippen molar-refractivity contribution in [1.29, 1.82) is 0 Å². The summed E-state index contributed by atoms with van der Waals surface area (Å²) in [4.78, 5) is 11.8. The van der Waals surface area contributed by atoms with Crippen LogP contribution in [0.25, 0.3) is 34.1 Å². The van der Waals surface area contributed by atoms with Crippen molar-refractivity contribution in [3.05, 3.63) is 93.1 Å². The molecule has 7 heteroatoms. The van der Waals surface area contributed by atoms with Gasteiger partial charge < -0.3 is 27.8 Å². The Kier molecular flexibility index (Phi) is 7.11. The Labute approximate surface area is 245 Å². The molecule has 42 heavy (non-hydrogen) atoms. The number of fused-ring (bicyclic) bond motifs is 3. The van der Waals surface area contributed by atoms with Crippen molar-refractivity contribution >= 4 is 34.1 Å². The number of furan rings is 1. The van der Waals surface area contributed by atoms with Crippen LogP contribution in [0.2, 0.25) is 0 Å². The fourth-order valence-corrected chi connectivity index (χ4v) is 5.84. The van der Waals surface area contributed by atoms with Crippen molar-refractivity contribution in [2.45, 2.75) is 72.1 Å². The second-order valence-corrected chi connectivity index (χ2v) is 11.6. The molecule has 0 aliphatic carbocycles. The third-order valence-electron chi connectivity index (χ3n) is 8.14. The molecule has 2 atom stereocenters. The molecule has 1 fully saturated rings. The molecular weight excluding hydrogens is 532 g/mol. The van der Waals surface area contributed by atoms with Crippen LogP contribution in [0.1, 0.15) is 62.8 Å². The van der Waals surface area contributed by atoms with Gasteiger partial charge in [0.15, 0.2) is 0 Å². The van der Waals surface area contributed by atoms with Crippen LogP contribution in [0.3, 0.4) is 0 Å². The van der Waals surface area contributed by atoms with Crippen LogP contribution >= 0.6 is 0 Å². The Bertz CT molecular complexity index is 1820. The van der Waals surface area contributed by atoms with Crippen LogP contribution in [0.4, 0.5) is 0 Å². The lowest BCUT2D eigenvalue weighted by Crippen LogP contribution is -2.39. The van der Waals surface area contributed by atoms with Crippen LogP contribution in [-0.4, -0.2) is 24.3 Å². The summed E-state index contributed by atoms with van der Waals surface area (Å²) in [5.41, 5.74) is 5.57. The molecule has 0 bridgehead atoms. The molecule has 7 nitrogen and oxygen atoms in total. The minimum absolute atomic E-state index is 0.189. The van der Waals surface area contributed by atoms with Gasteiger partial charge in [0.1, 0.15) is 29.3 Å². The van der Waals surface area contributed by atoms with Gasteiger partial charge in [0.2, 0.25) is 0 Å². The van der Waals surface area contributed by atoms with Gasteiger partial charge in [-0.2, -0.15) is 0 Å². The van der Waals surface area contributed by atoms with Crippen LogP contribution < -0.4 is 15.1 Å². The van der Waals surface area contributed by atoms with Gasteiger partial charge in [-0.1, -0.05) is 17.7 Å². The zero-order valence-electron chi connectivity index (χ0n) is 24.9. The molecule has 4 aromatic rings. The number of rotatable bonds is 7. The average molecular weight is 569 g/mol. The normalized spacial score (nSPS) is 21.5. The van der Waals surface area contributed by atoms with Crippen molar-refractivity contribution in [3.63, 3.8) is 0 Å². The zero-order chi connectivity index (χ0) is 29.6. The van der Waals surface area contributed by atoms with Crippen LogP contribution in [0.5, 0.6) is 11.5 Å². The van der Waals surface area contributed by atoms with Crippen molar-refractivity contribution in [3.8, 4) is 11.5 Å². The maximum Gasteiger partial charge on any atom is 0.350 e. The van der Waals surface area contributed by atoms with Gasteiger partial charge in [0, 0.05) is 34.7 Å². The lowest BCUT2D eigenvalue weighted by Gasteiger charge is -2.30. The number of allylic oxidation sites excluding steroid dienone is 2. The summed E-state index contributed by atoms with van der Waals surface area (Å²) in [6, 6.07) is 8.92. The first-order valence-electron chi connectivity index (χ1n) is 14.3. The molecule has 4 heterocycles. The highest BCUT2D eigenvalue weighted by atomic mass is 16.9. The Morgan fingerprint density at radius 3 is 2.74 bits per heavy atom. The van der Waals surface area contributed by atoms with Crippen molar-refractivity contribution < 1.29 is 27.8 Å². The second kappa shape index (κ2) is 10.6. The quantitative estimate of drug-likeness (QED) is 0.164. The van der Waals surface area contributed by atoms with Crippen LogP contribution in [0.15, 0.2) is 74.0 Å². The maximum atomic E-state index is 11.8. The third kappa shape index (κ3) is 5.08. The first kappa shape index (κ1) is 28.1. The summed E-state index contributed by atoms with van der Waals surface area (Å²) in [6.45, 7) is 12.5. The van der Waals surface area contributed by atoms with E-state index in [0.29, 0.717) is 23.7 Å². The second-order valence-electron chi connectivity index (χ2n) is 11.6. The molecule has 2 aromatic carbocycles. The molecule has 0 radical (unpaired) electrons. The van der Waals surface area contributed by atoms with E-state index in [1.165, 1.54) is 11.6 Å². The Morgan fingerprint density at radius 1 is 1.10 bits per heavy atom. The minimum atomic E-state index is -1.28. The van der Waals surface area contributed by atoms with Crippen LogP contribution in [0, 0.1) is 13.8 Å². The summed E-state index contributed by atoms with van der Waals surface area (Å²) in [5.74, 6) is 0.108. The molecule has 1 saturated heterocycles. The van der Waals surface area contributed by atoms with E-state index in [4.69, 9.17) is 27.8 Å². The van der Waals surface area contributed by atoms with Crippen molar-refractivity contribution in [2.75, 3.05) is 6.61 Å². The van der Waals surface area contributed by atoms with Gasteiger partial charge in [-0.3, -0.25) is 0 Å². The summed E-state index contributed by atoms with van der Waals surface area (Å²) in [7, 11) is 0. The van der Waals surface area contributed by atoms with Crippen molar-refractivity contribution in [1.82, 2.24) is 0 Å². The Morgan fingerprint density at radius 2 is 1.93 bits per heavy atom. The van der Waals surface area contributed by atoms with E-state index in [-0.39, 0.29) is 11.7 Å². The molecule has 0 N–H and O–H groups in total. The van der Waals surface area contributed by atoms with E-state index in [1.807, 2.05) is 70.2 Å². The average Bonchev–Trinajstić information content (AvgIpc) is 3.50. The van der Waals surface area contributed by atoms with E-state index in [0.717, 1.165) is 51.5 Å². The number of hydrogen-bond donors (Lipinski definition) is 0. The van der Waals surface area contributed by atoms with Gasteiger partial charge in [0.05, 0.1) is 23.4 Å². The topological polar surface area (TPSA) is 80.3 Å². The fraction of sp³-hybridized carbons (Fsp3) is 0.343. The lowest BCUT2D eigenvalue weighted by molar-refractivity contribution is -0.270. The lowest BCUT2D eigenvalue weighted by atomic mass is 9.96. The van der Waals surface area contributed by atoms with E-state index < -0.39 is 11.6 Å². The molecule has 2 aromatic heterocycles. The smallest absolute Gasteiger partial charge is 0.350 e. The highest BCUT2D eigenvalue weighted by molar-refractivity contribution is 5.89. The minimum Gasteiger partial charge on any atom is -0.488 e. The molecule has 2 aliphatic heterocycles. The van der Waals surface area contributed by atoms with Gasteiger partial charge in [-0.15, -0.1) is 0 Å². The summed E-state index contributed by atoms with van der Waals surface area (Å²) in [5, 5.41) is 1.84. The molecule has 218 valence electrons. The fourth-order valence-electron chi connectivity index (χ4n) is 5.84. The maximum absolute atomic E-state index is 11.8. The highest BCUT2D eigenvalue weighted by Gasteiger charge is 2.54. The zero-order valence-corrected chi connectivity index (χ0v) is 24.9. The summed E-state index contributed by atoms with van der Waals surface area (Å²) >= 11 is 0. The largest absolute Gasteiger partial charge is 0.488 e. The van der Waals surface area contributed by atoms with Crippen molar-refractivity contribution in [2.24, 2.45) is 0 Å². The van der Waals surface area contributed by atoms with E-state index in [9.17, 15) is 4.79 Å². The Hall–Kier alpha value is -4.07. The van der Waals surface area contributed by atoms with E-state index in [2.05, 4.69) is 19.9 Å². The third-order valence-corrected chi connectivity index (χ3v) is 8.14. The number of ether oxygens (including phenoxy) is 4. The highest BCUT2D eigenvalue weighted by Crippen LogP contribution is 2.46. The summed E-state index contributed by atoms with van der Waals surface area (Å²) < 4.78 is 36.6. The Balaban J connectivity index is 1.14. The molecule has 2 aliphatic rings. The monoisotopic (exact) mass is 568 g/mol. The molecular formula is C35H36O7. The van der Waals surface area contributed by atoms with Crippen LogP contribution in [-0.2, 0) is 9.47 Å². The van der Waals surface area contributed by atoms with Gasteiger partial charge >= 0.3 is 11.6 Å². The molecule has 0 amide bonds. The predicted molar refractivity (Wildman–Crippen MR) is 164 cm³/mol. The van der Waals surface area contributed by atoms with Gasteiger partial charge in [-0.25, -0.2) is 4.79 Å². The first-order chi connectivity index (χ1) is 20.1. The van der Waals surface area contributed by atoms with E-state index in [1.54, 1.807) is 12.3 Å². The first-order valence-corrected chi connectivity index (χ1v) is 14.3.